The van der Waals surface area contributed by atoms with Gasteiger partial charge in [0, 0.05) is 24.0 Å². The van der Waals surface area contributed by atoms with E-state index in [0.29, 0.717) is 22.4 Å². The Hall–Kier alpha value is -2.14. The molecular formula is C16H19ClN2O3. The molecule has 2 rings (SSSR count). The zero-order valence-corrected chi connectivity index (χ0v) is 13.6. The van der Waals surface area contributed by atoms with Gasteiger partial charge in [0.15, 0.2) is 11.5 Å². The molecule has 0 amide bonds. The molecule has 0 aliphatic heterocycles. The molecule has 22 heavy (non-hydrogen) atoms. The van der Waals surface area contributed by atoms with Crippen molar-refractivity contribution in [2.45, 2.75) is 6.42 Å². The SMILES string of the molecule is COc1ccc(CCNc2ccnc(Cl)c2)c(OC)c1OC. The molecule has 2 aromatic rings. The maximum absolute atomic E-state index is 5.86. The number of ether oxygens (including phenoxy) is 3. The molecule has 0 unspecified atom stereocenters. The van der Waals surface area contributed by atoms with E-state index < -0.39 is 0 Å². The second-order valence-corrected chi connectivity index (χ2v) is 4.92. The first-order valence-corrected chi connectivity index (χ1v) is 7.20. The summed E-state index contributed by atoms with van der Waals surface area (Å²) in [5.74, 6) is 1.95. The van der Waals surface area contributed by atoms with E-state index in [-0.39, 0.29) is 0 Å². The monoisotopic (exact) mass is 322 g/mol. The number of benzene rings is 1. The molecule has 0 aliphatic rings. The highest BCUT2D eigenvalue weighted by atomic mass is 35.5. The lowest BCUT2D eigenvalue weighted by molar-refractivity contribution is 0.322. The van der Waals surface area contributed by atoms with Gasteiger partial charge in [-0.05, 0) is 24.6 Å². The third-order valence-corrected chi connectivity index (χ3v) is 3.44. The van der Waals surface area contributed by atoms with Gasteiger partial charge in [0.05, 0.1) is 21.3 Å². The standard InChI is InChI=1S/C16H19ClN2O3/c1-20-13-5-4-11(15(21-2)16(13)22-3)6-8-18-12-7-9-19-14(17)10-12/h4-5,7,9-10H,6,8H2,1-3H3,(H,18,19). The predicted octanol–water partition coefficient (Wildman–Crippen LogP) is 3.42. The van der Waals surface area contributed by atoms with E-state index in [9.17, 15) is 0 Å². The van der Waals surface area contributed by atoms with Crippen LogP contribution in [0.4, 0.5) is 5.69 Å². The molecule has 0 radical (unpaired) electrons. The van der Waals surface area contributed by atoms with Crippen molar-refractivity contribution in [3.63, 3.8) is 0 Å². The molecule has 118 valence electrons. The van der Waals surface area contributed by atoms with Crippen LogP contribution in [0.1, 0.15) is 5.56 Å². The highest BCUT2D eigenvalue weighted by Crippen LogP contribution is 2.39. The first kappa shape index (κ1) is 16.2. The van der Waals surface area contributed by atoms with Gasteiger partial charge in [0.2, 0.25) is 5.75 Å². The Labute approximate surface area is 135 Å². The van der Waals surface area contributed by atoms with Crippen molar-refractivity contribution in [3.05, 3.63) is 41.2 Å². The van der Waals surface area contributed by atoms with Crippen molar-refractivity contribution in [2.24, 2.45) is 0 Å². The maximum Gasteiger partial charge on any atom is 0.203 e. The van der Waals surface area contributed by atoms with Gasteiger partial charge < -0.3 is 19.5 Å². The van der Waals surface area contributed by atoms with Gasteiger partial charge in [-0.1, -0.05) is 17.7 Å². The molecular weight excluding hydrogens is 304 g/mol. The lowest BCUT2D eigenvalue weighted by Crippen LogP contribution is -2.07. The second-order valence-electron chi connectivity index (χ2n) is 4.54. The van der Waals surface area contributed by atoms with Crippen LogP contribution < -0.4 is 19.5 Å². The Bertz CT molecular complexity index is 635. The van der Waals surface area contributed by atoms with Crippen LogP contribution in [0.5, 0.6) is 17.2 Å². The average molecular weight is 323 g/mol. The minimum Gasteiger partial charge on any atom is -0.493 e. The number of anilines is 1. The number of halogens is 1. The summed E-state index contributed by atoms with van der Waals surface area (Å²) in [6.45, 7) is 0.728. The van der Waals surface area contributed by atoms with Crippen LogP contribution in [0.25, 0.3) is 0 Å². The van der Waals surface area contributed by atoms with Crippen molar-refractivity contribution in [1.82, 2.24) is 4.98 Å². The van der Waals surface area contributed by atoms with E-state index in [1.54, 1.807) is 33.6 Å². The first-order chi connectivity index (χ1) is 10.7. The van der Waals surface area contributed by atoms with Crippen molar-refractivity contribution >= 4 is 17.3 Å². The van der Waals surface area contributed by atoms with Gasteiger partial charge in [-0.25, -0.2) is 4.98 Å². The van der Waals surface area contributed by atoms with Gasteiger partial charge >= 0.3 is 0 Å². The number of aromatic nitrogens is 1. The molecule has 5 nitrogen and oxygen atoms in total. The summed E-state index contributed by atoms with van der Waals surface area (Å²) in [5.41, 5.74) is 1.97. The quantitative estimate of drug-likeness (QED) is 0.792. The van der Waals surface area contributed by atoms with Gasteiger partial charge in [-0.2, -0.15) is 0 Å². The smallest absolute Gasteiger partial charge is 0.203 e. The third kappa shape index (κ3) is 3.74. The number of pyridine rings is 1. The van der Waals surface area contributed by atoms with Crippen molar-refractivity contribution < 1.29 is 14.2 Å². The van der Waals surface area contributed by atoms with Crippen LogP contribution in [-0.2, 0) is 6.42 Å². The summed E-state index contributed by atoms with van der Waals surface area (Å²) in [6.07, 6.45) is 2.44. The topological polar surface area (TPSA) is 52.6 Å². The van der Waals surface area contributed by atoms with E-state index in [2.05, 4.69) is 10.3 Å². The number of hydrogen-bond donors (Lipinski definition) is 1. The van der Waals surface area contributed by atoms with Gasteiger partial charge in [-0.3, -0.25) is 0 Å². The number of nitrogens with zero attached hydrogens (tertiary/aromatic N) is 1. The second kappa shape index (κ2) is 7.75. The zero-order valence-electron chi connectivity index (χ0n) is 12.9. The molecule has 0 spiro atoms. The van der Waals surface area contributed by atoms with Crippen LogP contribution in [0.3, 0.4) is 0 Å². The molecule has 1 aromatic carbocycles. The Morgan fingerprint density at radius 1 is 1.05 bits per heavy atom. The number of nitrogens with one attached hydrogen (secondary N) is 1. The molecule has 0 saturated heterocycles. The fraction of sp³-hybridized carbons (Fsp3) is 0.312. The fourth-order valence-electron chi connectivity index (χ4n) is 2.21. The van der Waals surface area contributed by atoms with Gasteiger partial charge in [-0.15, -0.1) is 0 Å². The molecule has 1 heterocycles. The normalized spacial score (nSPS) is 10.2. The summed E-state index contributed by atoms with van der Waals surface area (Å²) in [7, 11) is 4.82. The molecule has 1 N–H and O–H groups in total. The van der Waals surface area contributed by atoms with E-state index in [1.165, 1.54) is 0 Å². The van der Waals surface area contributed by atoms with Crippen molar-refractivity contribution in [2.75, 3.05) is 33.2 Å². The summed E-state index contributed by atoms with van der Waals surface area (Å²) >= 11 is 5.86. The molecule has 0 saturated carbocycles. The average Bonchev–Trinajstić information content (AvgIpc) is 2.54. The van der Waals surface area contributed by atoms with E-state index >= 15 is 0 Å². The maximum atomic E-state index is 5.86. The molecule has 0 atom stereocenters. The predicted molar refractivity (Wildman–Crippen MR) is 87.5 cm³/mol. The summed E-state index contributed by atoms with van der Waals surface area (Å²) in [6, 6.07) is 7.51. The fourth-order valence-corrected chi connectivity index (χ4v) is 2.39. The zero-order chi connectivity index (χ0) is 15.9. The van der Waals surface area contributed by atoms with Crippen LogP contribution in [-0.4, -0.2) is 32.9 Å². The molecule has 0 aliphatic carbocycles. The number of hydrogen-bond acceptors (Lipinski definition) is 5. The highest BCUT2D eigenvalue weighted by molar-refractivity contribution is 6.29. The molecule has 0 fully saturated rings. The molecule has 6 heteroatoms. The molecule has 1 aromatic heterocycles. The highest BCUT2D eigenvalue weighted by Gasteiger charge is 2.15. The largest absolute Gasteiger partial charge is 0.493 e. The Kier molecular flexibility index (Phi) is 5.72. The summed E-state index contributed by atoms with van der Waals surface area (Å²) in [5, 5.41) is 3.77. The van der Waals surface area contributed by atoms with Gasteiger partial charge in [0.25, 0.3) is 0 Å². The Balaban J connectivity index is 2.09. The summed E-state index contributed by atoms with van der Waals surface area (Å²) in [4.78, 5) is 3.95. The lowest BCUT2D eigenvalue weighted by Gasteiger charge is -2.16. The molecule has 0 bridgehead atoms. The van der Waals surface area contributed by atoms with Crippen molar-refractivity contribution in [1.29, 1.82) is 0 Å². The minimum absolute atomic E-state index is 0.466. The van der Waals surface area contributed by atoms with Crippen LogP contribution >= 0.6 is 11.6 Å². The number of methoxy groups -OCH3 is 3. The number of rotatable bonds is 7. The van der Waals surface area contributed by atoms with E-state index in [0.717, 1.165) is 24.2 Å². The van der Waals surface area contributed by atoms with Crippen LogP contribution in [0.2, 0.25) is 5.15 Å². The van der Waals surface area contributed by atoms with Crippen LogP contribution in [0.15, 0.2) is 30.5 Å². The van der Waals surface area contributed by atoms with Crippen LogP contribution in [0, 0.1) is 0 Å². The van der Waals surface area contributed by atoms with E-state index in [4.69, 9.17) is 25.8 Å². The van der Waals surface area contributed by atoms with Crippen molar-refractivity contribution in [3.8, 4) is 17.2 Å². The minimum atomic E-state index is 0.466. The van der Waals surface area contributed by atoms with E-state index in [1.807, 2.05) is 18.2 Å². The van der Waals surface area contributed by atoms with Gasteiger partial charge in [0.1, 0.15) is 5.15 Å². The Morgan fingerprint density at radius 2 is 1.82 bits per heavy atom. The Morgan fingerprint density at radius 3 is 2.45 bits per heavy atom. The lowest BCUT2D eigenvalue weighted by atomic mass is 10.1. The third-order valence-electron chi connectivity index (χ3n) is 3.24. The summed E-state index contributed by atoms with van der Waals surface area (Å²) < 4.78 is 16.1. The first-order valence-electron chi connectivity index (χ1n) is 6.83.